The van der Waals surface area contributed by atoms with E-state index in [2.05, 4.69) is 36.7 Å². The molecule has 41 heavy (non-hydrogen) atoms. The van der Waals surface area contributed by atoms with Crippen LogP contribution in [0.25, 0.3) is 0 Å². The largest absolute Gasteiger partial charge is 0.496 e. The summed E-state index contributed by atoms with van der Waals surface area (Å²) in [4.78, 5) is 32.1. The normalized spacial score (nSPS) is 18.3. The van der Waals surface area contributed by atoms with Crippen LogP contribution in [-0.4, -0.2) is 54.7 Å². The van der Waals surface area contributed by atoms with Crippen molar-refractivity contribution in [2.24, 2.45) is 16.1 Å². The van der Waals surface area contributed by atoms with Gasteiger partial charge in [0, 0.05) is 62.7 Å². The number of hydrogen-bond donors (Lipinski definition) is 2. The summed E-state index contributed by atoms with van der Waals surface area (Å²) in [7, 11) is 1.56. The smallest absolute Gasteiger partial charge is 0.270 e. The number of rotatable bonds is 13. The summed E-state index contributed by atoms with van der Waals surface area (Å²) in [6, 6.07) is 8.21. The highest BCUT2D eigenvalue weighted by molar-refractivity contribution is 5.94. The molecule has 0 atom stereocenters. The minimum absolute atomic E-state index is 0.0267. The molecule has 1 aromatic heterocycles. The second-order valence-electron chi connectivity index (χ2n) is 11.4. The number of terminal acetylenes is 1. The summed E-state index contributed by atoms with van der Waals surface area (Å²) in [6.45, 7) is 2.32. The van der Waals surface area contributed by atoms with E-state index in [9.17, 15) is 14.0 Å². The number of aromatic nitrogens is 1. The Bertz CT molecular complexity index is 1340. The van der Waals surface area contributed by atoms with E-state index in [-0.39, 0.29) is 17.6 Å². The molecule has 2 aromatic rings. The van der Waals surface area contributed by atoms with Crippen molar-refractivity contribution in [3.63, 3.8) is 0 Å². The molecule has 3 aliphatic rings. The van der Waals surface area contributed by atoms with Crippen LogP contribution >= 0.6 is 0 Å². The second-order valence-corrected chi connectivity index (χ2v) is 11.4. The van der Waals surface area contributed by atoms with Crippen LogP contribution < -0.4 is 20.3 Å². The molecule has 1 aromatic carbocycles. The maximum Gasteiger partial charge on any atom is 0.270 e. The van der Waals surface area contributed by atoms with E-state index in [1.165, 1.54) is 12.1 Å². The third-order valence-corrected chi connectivity index (χ3v) is 8.35. The van der Waals surface area contributed by atoms with E-state index in [0.717, 1.165) is 50.0 Å². The average Bonchev–Trinajstić information content (AvgIpc) is 3.92. The van der Waals surface area contributed by atoms with Gasteiger partial charge in [0.25, 0.3) is 5.91 Å². The number of nitrogens with one attached hydrogen (secondary N) is 2. The lowest BCUT2D eigenvalue weighted by Gasteiger charge is -2.33. The van der Waals surface area contributed by atoms with Crippen molar-refractivity contribution in [3.8, 4) is 18.1 Å². The summed E-state index contributed by atoms with van der Waals surface area (Å²) >= 11 is 0. The van der Waals surface area contributed by atoms with Gasteiger partial charge in [-0.25, -0.2) is 4.39 Å². The highest BCUT2D eigenvalue weighted by Crippen LogP contribution is 2.41. The predicted molar refractivity (Wildman–Crippen MR) is 153 cm³/mol. The Labute approximate surface area is 240 Å². The molecule has 5 rings (SSSR count). The van der Waals surface area contributed by atoms with Crippen LogP contribution in [0.1, 0.15) is 67.4 Å². The monoisotopic (exact) mass is 560 g/mol. The number of amides is 2. The standard InChI is InChI=1S/C31H37FN6O3/c1-3-4-11-31(36-37-31)12-7-28(39)34-21-22-9-16-38(17-10-22)25-8-15-33-26(19-25)29(40)35-30(13-14-30)20-23-18-24(32)5-6-27(23)41-2/h1,5-6,8,15,18-19,22H,4,7,9-14,16-17,20-21H2,2H3,(H,34,39)(H,35,40). The van der Waals surface area contributed by atoms with Crippen LogP contribution in [0.3, 0.4) is 0 Å². The number of hydrogen-bond acceptors (Lipinski definition) is 7. The first-order valence-corrected chi connectivity index (χ1v) is 14.3. The van der Waals surface area contributed by atoms with Gasteiger partial charge in [0.1, 0.15) is 17.3 Å². The van der Waals surface area contributed by atoms with Crippen LogP contribution in [0, 0.1) is 24.1 Å². The Balaban J connectivity index is 1.08. The molecule has 9 nitrogen and oxygen atoms in total. The minimum atomic E-state index is -0.427. The van der Waals surface area contributed by atoms with Crippen LogP contribution in [0.15, 0.2) is 46.8 Å². The zero-order valence-corrected chi connectivity index (χ0v) is 23.5. The zero-order valence-electron chi connectivity index (χ0n) is 23.5. The molecule has 1 saturated carbocycles. The van der Waals surface area contributed by atoms with Crippen molar-refractivity contribution in [1.82, 2.24) is 15.6 Å². The Kier molecular flexibility index (Phi) is 8.52. The van der Waals surface area contributed by atoms with Crippen molar-refractivity contribution in [2.45, 2.75) is 69.0 Å². The zero-order chi connectivity index (χ0) is 28.9. The number of benzene rings is 1. The number of carbonyl (C=O) groups excluding carboxylic acids is 2. The molecule has 0 bridgehead atoms. The number of halogens is 1. The van der Waals surface area contributed by atoms with Gasteiger partial charge in [-0.15, -0.1) is 12.3 Å². The predicted octanol–water partition coefficient (Wildman–Crippen LogP) is 4.42. The van der Waals surface area contributed by atoms with Crippen molar-refractivity contribution < 1.29 is 18.7 Å². The highest BCUT2D eigenvalue weighted by Gasteiger charge is 2.45. The molecule has 0 unspecified atom stereocenters. The SMILES string of the molecule is C#CCCC1(CCC(=O)NCC2CCN(c3ccnc(C(=O)NC4(Cc5cc(F)ccc5OC)CC4)c3)CC2)N=N1. The fourth-order valence-corrected chi connectivity index (χ4v) is 5.52. The van der Waals surface area contributed by atoms with E-state index in [1.807, 2.05) is 12.1 Å². The van der Waals surface area contributed by atoms with Crippen LogP contribution in [0.5, 0.6) is 5.75 Å². The van der Waals surface area contributed by atoms with Gasteiger partial charge in [-0.2, -0.15) is 10.2 Å². The molecule has 2 aliphatic heterocycles. The summed E-state index contributed by atoms with van der Waals surface area (Å²) in [5.74, 6) is 3.09. The minimum Gasteiger partial charge on any atom is -0.496 e. The van der Waals surface area contributed by atoms with Gasteiger partial charge < -0.3 is 20.3 Å². The summed E-state index contributed by atoms with van der Waals surface area (Å²) in [5, 5.41) is 14.4. The first kappa shape index (κ1) is 28.5. The molecule has 1 aliphatic carbocycles. The van der Waals surface area contributed by atoms with Crippen molar-refractivity contribution in [3.05, 3.63) is 53.6 Å². The highest BCUT2D eigenvalue weighted by atomic mass is 19.1. The maximum absolute atomic E-state index is 13.8. The van der Waals surface area contributed by atoms with Crippen LogP contribution in [0.2, 0.25) is 0 Å². The van der Waals surface area contributed by atoms with E-state index >= 15 is 0 Å². The summed E-state index contributed by atoms with van der Waals surface area (Å²) in [5.41, 5.74) is 1.22. The van der Waals surface area contributed by atoms with E-state index in [1.54, 1.807) is 19.4 Å². The van der Waals surface area contributed by atoms with Crippen molar-refractivity contribution in [2.75, 3.05) is 31.6 Å². The van der Waals surface area contributed by atoms with Crippen LogP contribution in [0.4, 0.5) is 10.1 Å². The lowest BCUT2D eigenvalue weighted by molar-refractivity contribution is -0.121. The first-order valence-electron chi connectivity index (χ1n) is 14.3. The molecule has 0 spiro atoms. The summed E-state index contributed by atoms with van der Waals surface area (Å²) < 4.78 is 19.2. The molecule has 2 fully saturated rings. The molecule has 3 heterocycles. The van der Waals surface area contributed by atoms with Gasteiger partial charge >= 0.3 is 0 Å². The quantitative estimate of drug-likeness (QED) is 0.353. The number of nitrogens with zero attached hydrogens (tertiary/aromatic N) is 4. The molecule has 216 valence electrons. The molecule has 1 saturated heterocycles. The van der Waals surface area contributed by atoms with Crippen LogP contribution in [-0.2, 0) is 11.2 Å². The summed E-state index contributed by atoms with van der Waals surface area (Å²) in [6.07, 6.45) is 13.3. The van der Waals surface area contributed by atoms with Gasteiger partial charge in [0.2, 0.25) is 5.91 Å². The lowest BCUT2D eigenvalue weighted by atomic mass is 9.96. The number of anilines is 1. The second kappa shape index (κ2) is 12.2. The van der Waals surface area contributed by atoms with Gasteiger partial charge in [-0.1, -0.05) is 0 Å². The van der Waals surface area contributed by atoms with E-state index in [0.29, 0.717) is 56.0 Å². The number of methoxy groups -OCH3 is 1. The third kappa shape index (κ3) is 7.40. The topological polar surface area (TPSA) is 108 Å². The molecular formula is C31H37FN6O3. The fraction of sp³-hybridized carbons (Fsp3) is 0.516. The molecule has 10 heteroatoms. The van der Waals surface area contributed by atoms with Gasteiger partial charge in [-0.3, -0.25) is 14.6 Å². The number of ether oxygens (including phenoxy) is 1. The molecular weight excluding hydrogens is 523 g/mol. The molecule has 2 amide bonds. The number of carbonyl (C=O) groups is 2. The number of pyridine rings is 1. The van der Waals surface area contributed by atoms with Gasteiger partial charge in [0.15, 0.2) is 5.66 Å². The van der Waals surface area contributed by atoms with Gasteiger partial charge in [-0.05, 0) is 73.9 Å². The van der Waals surface area contributed by atoms with Gasteiger partial charge in [0.05, 0.1) is 7.11 Å². The molecule has 0 radical (unpaired) electrons. The van der Waals surface area contributed by atoms with E-state index < -0.39 is 11.2 Å². The van der Waals surface area contributed by atoms with E-state index in [4.69, 9.17) is 11.2 Å². The first-order chi connectivity index (χ1) is 19.8. The third-order valence-electron chi connectivity index (χ3n) is 8.35. The molecule has 2 N–H and O–H groups in total. The Morgan fingerprint density at radius 2 is 1.95 bits per heavy atom. The van der Waals surface area contributed by atoms with Crippen molar-refractivity contribution >= 4 is 17.5 Å². The maximum atomic E-state index is 13.8. The Morgan fingerprint density at radius 1 is 1.17 bits per heavy atom. The number of piperidine rings is 1. The fourth-order valence-electron chi connectivity index (χ4n) is 5.52. The van der Waals surface area contributed by atoms with Crippen molar-refractivity contribution in [1.29, 1.82) is 0 Å². The lowest BCUT2D eigenvalue weighted by Crippen LogP contribution is -2.40. The Hall–Kier alpha value is -4.00. The Morgan fingerprint density at radius 3 is 2.63 bits per heavy atom. The average molecular weight is 561 g/mol.